The van der Waals surface area contributed by atoms with Crippen molar-refractivity contribution in [2.24, 2.45) is 0 Å². The molecule has 9 aromatic rings. The minimum atomic E-state index is -2.30. The molecule has 56 heavy (non-hydrogen) atoms. The van der Waals surface area contributed by atoms with E-state index in [-0.39, 0.29) is 27.7 Å². The Bertz CT molecular complexity index is 3050. The molecule has 2 aliphatic rings. The molecule has 1 aliphatic heterocycles. The van der Waals surface area contributed by atoms with Gasteiger partial charge in [-0.25, -0.2) is 4.98 Å². The molecule has 11 rings (SSSR count). The molecule has 1 aliphatic carbocycles. The van der Waals surface area contributed by atoms with Crippen LogP contribution in [0.15, 0.2) is 170 Å². The number of para-hydroxylation sites is 3. The molecule has 2 aromatic heterocycles. The van der Waals surface area contributed by atoms with Gasteiger partial charge in [-0.05, 0) is 81.6 Å². The van der Waals surface area contributed by atoms with Crippen LogP contribution in [-0.4, -0.2) is 23.2 Å². The van der Waals surface area contributed by atoms with E-state index in [1.165, 1.54) is 27.2 Å². The molecule has 0 fully saturated rings. The zero-order valence-electron chi connectivity index (χ0n) is 33.5. The van der Waals surface area contributed by atoms with Crippen molar-refractivity contribution >= 4 is 38.9 Å². The van der Waals surface area contributed by atoms with Gasteiger partial charge in [-0.2, -0.15) is 36.4 Å². The number of fused-ring (bicyclic) bond motifs is 7. The Hall–Kier alpha value is -6.22. The van der Waals surface area contributed by atoms with Crippen LogP contribution in [0, 0.1) is 19.1 Å². The summed E-state index contributed by atoms with van der Waals surface area (Å²) < 4.78 is 27.3. The van der Waals surface area contributed by atoms with Crippen LogP contribution in [0.2, 0.25) is 0 Å². The third-order valence-electron chi connectivity index (χ3n) is 11.6. The van der Waals surface area contributed by atoms with Crippen LogP contribution in [-0.2, 0) is 26.5 Å². The summed E-state index contributed by atoms with van der Waals surface area (Å²) in [4.78, 5) is 8.54. The summed E-state index contributed by atoms with van der Waals surface area (Å²) in [6.45, 7) is 0.0253. The molecule has 0 bridgehead atoms. The van der Waals surface area contributed by atoms with Gasteiger partial charge in [-0.15, -0.1) is 22.6 Å². The Morgan fingerprint density at radius 3 is 2.09 bits per heavy atom. The van der Waals surface area contributed by atoms with Gasteiger partial charge in [0.25, 0.3) is 0 Å². The van der Waals surface area contributed by atoms with Crippen molar-refractivity contribution < 1.29 is 25.2 Å². The van der Waals surface area contributed by atoms with E-state index >= 15 is 0 Å². The average Bonchev–Trinajstić information content (AvgIpc) is 3.91. The smallest absolute Gasteiger partial charge is 0.355 e. The van der Waals surface area contributed by atoms with Gasteiger partial charge in [-0.3, -0.25) is 0 Å². The Morgan fingerprint density at radius 1 is 0.625 bits per heavy atom. The Morgan fingerprint density at radius 2 is 1.30 bits per heavy atom. The number of pyridine rings is 1. The zero-order valence-corrected chi connectivity index (χ0v) is 32.8. The number of nitrogens with zero attached hydrogens (tertiary/aromatic N) is 4. The van der Waals surface area contributed by atoms with Gasteiger partial charge in [0, 0.05) is 28.2 Å². The fourth-order valence-electron chi connectivity index (χ4n) is 9.17. The maximum absolute atomic E-state index is 8.36. The van der Waals surface area contributed by atoms with Crippen molar-refractivity contribution in [2.45, 2.75) is 12.3 Å². The topological polar surface area (TPSA) is 24.3 Å². The number of aryl methyl sites for hydroxylation is 1. The Labute approximate surface area is 345 Å². The summed E-state index contributed by atoms with van der Waals surface area (Å²) in [5, 5.41) is 2.22. The van der Waals surface area contributed by atoms with Crippen LogP contribution in [0.5, 0.6) is 0 Å². The van der Waals surface area contributed by atoms with E-state index in [1.807, 2.05) is 36.5 Å². The van der Waals surface area contributed by atoms with Crippen LogP contribution in [0.25, 0.3) is 49.9 Å². The maximum atomic E-state index is 8.36. The zero-order chi connectivity index (χ0) is 39.2. The molecule has 0 unspecified atom stereocenters. The molecule has 0 saturated heterocycles. The second-order valence-corrected chi connectivity index (χ2v) is 14.5. The van der Waals surface area contributed by atoms with Crippen LogP contribution in [0.3, 0.4) is 0 Å². The van der Waals surface area contributed by atoms with Crippen molar-refractivity contribution in [2.75, 3.05) is 23.4 Å². The minimum absolute atomic E-state index is 0. The van der Waals surface area contributed by atoms with Gasteiger partial charge in [0.1, 0.15) is 5.82 Å². The van der Waals surface area contributed by atoms with Crippen LogP contribution in [0.1, 0.15) is 31.9 Å². The molecule has 3 heterocycles. The summed E-state index contributed by atoms with van der Waals surface area (Å²) in [6, 6.07) is 65.0. The molecule has 0 amide bonds. The first-order valence-electron chi connectivity index (χ1n) is 20.2. The van der Waals surface area contributed by atoms with Gasteiger partial charge in [0.15, 0.2) is 0 Å². The third-order valence-corrected chi connectivity index (χ3v) is 11.6. The first-order valence-corrected chi connectivity index (χ1v) is 18.7. The van der Waals surface area contributed by atoms with Crippen LogP contribution < -0.4 is 9.80 Å². The van der Waals surface area contributed by atoms with E-state index in [0.717, 1.165) is 66.8 Å². The third kappa shape index (κ3) is 4.92. The molecule has 0 saturated carbocycles. The molecular weight excluding hydrogens is 864 g/mol. The van der Waals surface area contributed by atoms with E-state index in [2.05, 4.69) is 162 Å². The quantitative estimate of drug-likeness (QED) is 0.161. The molecular formula is C51H36N4Pt. The average molecular weight is 903 g/mol. The predicted octanol–water partition coefficient (Wildman–Crippen LogP) is 11.7. The van der Waals surface area contributed by atoms with Crippen LogP contribution in [0.4, 0.5) is 17.1 Å². The molecule has 0 atom stereocenters. The standard InChI is InChI=1S/C51H36N4.Pt/c1-34-14-3-4-17-39(34)35-28-29-52-50(30-35)55-46-23-10-7-20-42(46)43-27-26-37(32-49(43)55)51(44-21-8-5-18-40(44)41-19-6-9-22-45(41)51)36-15-13-16-38(31-36)54-33-53(2)47-24-11-12-25-48(47)54;/h3-30H,33H2,1-2H3;/q-2;+2/i2D3;. The SMILES string of the molecule is [2H]C([2H])([2H])N1CN(c2[c-]c(C3(c4[c-]c5c(cc4)c4ccccc4n5-c4cc(-c5ccccc5C)ccn4)c4ccccc4-c4ccccc43)ccc2)c2ccccc21.[Pt+2]. The first kappa shape index (κ1) is 31.0. The van der Waals surface area contributed by atoms with Crippen molar-refractivity contribution in [1.29, 1.82) is 0 Å². The maximum Gasteiger partial charge on any atom is 2.00 e. The molecule has 0 spiro atoms. The molecule has 0 radical (unpaired) electrons. The number of aromatic nitrogens is 2. The molecule has 4 nitrogen and oxygen atoms in total. The largest absolute Gasteiger partial charge is 2.00 e. The van der Waals surface area contributed by atoms with Gasteiger partial charge < -0.3 is 14.4 Å². The number of anilines is 3. The summed E-state index contributed by atoms with van der Waals surface area (Å²) in [6.07, 6.45) is 1.90. The Kier molecular flexibility index (Phi) is 7.33. The van der Waals surface area contributed by atoms with Crippen molar-refractivity contribution in [3.8, 4) is 28.1 Å². The molecule has 270 valence electrons. The fourth-order valence-corrected chi connectivity index (χ4v) is 9.17. The summed E-state index contributed by atoms with van der Waals surface area (Å²) in [7, 11) is 0. The second-order valence-electron chi connectivity index (χ2n) is 14.5. The normalized spacial score (nSPS) is 14.8. The fraction of sp³-hybridized carbons (Fsp3) is 0.0784. The van der Waals surface area contributed by atoms with Crippen LogP contribution >= 0.6 is 0 Å². The summed E-state index contributed by atoms with van der Waals surface area (Å²) in [5.74, 6) is 0.821. The molecule has 5 heteroatoms. The van der Waals surface area contributed by atoms with E-state index in [4.69, 9.17) is 9.10 Å². The molecule has 0 N–H and O–H groups in total. The number of benzene rings is 7. The van der Waals surface area contributed by atoms with E-state index in [0.29, 0.717) is 5.69 Å². The Balaban J connectivity index is 0.00000420. The van der Waals surface area contributed by atoms with Crippen molar-refractivity contribution in [3.05, 3.63) is 210 Å². The molecule has 7 aromatic carbocycles. The summed E-state index contributed by atoms with van der Waals surface area (Å²) in [5.41, 5.74) is 13.5. The second kappa shape index (κ2) is 13.2. The van der Waals surface area contributed by atoms with E-state index < -0.39 is 12.4 Å². The van der Waals surface area contributed by atoms with E-state index in [1.54, 1.807) is 0 Å². The number of hydrogen-bond donors (Lipinski definition) is 0. The van der Waals surface area contributed by atoms with Gasteiger partial charge in [0.2, 0.25) is 0 Å². The monoisotopic (exact) mass is 902 g/mol. The van der Waals surface area contributed by atoms with Gasteiger partial charge >= 0.3 is 21.1 Å². The first-order chi connectivity index (χ1) is 28.3. The minimum Gasteiger partial charge on any atom is -0.355 e. The number of hydrogen-bond acceptors (Lipinski definition) is 3. The predicted molar refractivity (Wildman–Crippen MR) is 226 cm³/mol. The van der Waals surface area contributed by atoms with E-state index in [9.17, 15) is 0 Å². The van der Waals surface area contributed by atoms with Crippen molar-refractivity contribution in [3.63, 3.8) is 0 Å². The number of rotatable bonds is 5. The van der Waals surface area contributed by atoms with Gasteiger partial charge in [0.05, 0.1) is 18.0 Å². The van der Waals surface area contributed by atoms with Crippen molar-refractivity contribution in [1.82, 2.24) is 9.55 Å². The summed E-state index contributed by atoms with van der Waals surface area (Å²) >= 11 is 0. The van der Waals surface area contributed by atoms with Gasteiger partial charge in [-0.1, -0.05) is 114 Å².